The standard InChI is InChI=1S/C10H8Br2O/c1-6-5-13-10-7(4-11)2-8(12)3-9(6)10/h2-3,5H,4H2,1H3. The Kier molecular flexibility index (Phi) is 2.47. The van der Waals surface area contributed by atoms with E-state index in [9.17, 15) is 0 Å². The zero-order chi connectivity index (χ0) is 9.42. The van der Waals surface area contributed by atoms with Gasteiger partial charge in [-0.3, -0.25) is 0 Å². The van der Waals surface area contributed by atoms with Crippen molar-refractivity contribution in [3.05, 3.63) is 34.0 Å². The Morgan fingerprint density at radius 1 is 1.38 bits per heavy atom. The van der Waals surface area contributed by atoms with Gasteiger partial charge >= 0.3 is 0 Å². The van der Waals surface area contributed by atoms with Gasteiger partial charge in [0, 0.05) is 20.8 Å². The fourth-order valence-corrected chi connectivity index (χ4v) is 2.31. The zero-order valence-corrected chi connectivity index (χ0v) is 10.3. The van der Waals surface area contributed by atoms with Gasteiger partial charge in [0.05, 0.1) is 6.26 Å². The van der Waals surface area contributed by atoms with E-state index in [1.807, 2.05) is 0 Å². The number of rotatable bonds is 1. The lowest BCUT2D eigenvalue weighted by Gasteiger charge is -1.98. The highest BCUT2D eigenvalue weighted by Crippen LogP contribution is 2.29. The predicted octanol–water partition coefficient (Wildman–Crippen LogP) is 4.40. The lowest BCUT2D eigenvalue weighted by molar-refractivity contribution is 0.610. The Hall–Kier alpha value is -0.280. The maximum absolute atomic E-state index is 5.47. The molecule has 0 bridgehead atoms. The van der Waals surface area contributed by atoms with Crippen molar-refractivity contribution in [3.8, 4) is 0 Å². The molecule has 0 N–H and O–H groups in total. The lowest BCUT2D eigenvalue weighted by Crippen LogP contribution is -1.79. The van der Waals surface area contributed by atoms with E-state index in [0.29, 0.717) is 0 Å². The van der Waals surface area contributed by atoms with E-state index in [2.05, 4.69) is 50.9 Å². The minimum absolute atomic E-state index is 0.815. The Bertz CT molecular complexity index is 445. The van der Waals surface area contributed by atoms with Crippen molar-refractivity contribution in [2.45, 2.75) is 12.3 Å². The molecule has 3 heteroatoms. The largest absolute Gasteiger partial charge is 0.464 e. The van der Waals surface area contributed by atoms with Gasteiger partial charge in [0.25, 0.3) is 0 Å². The van der Waals surface area contributed by atoms with E-state index in [1.165, 1.54) is 16.5 Å². The molecular weight excluding hydrogens is 296 g/mol. The van der Waals surface area contributed by atoms with Crippen LogP contribution in [0.4, 0.5) is 0 Å². The number of furan rings is 1. The maximum atomic E-state index is 5.47. The molecule has 0 saturated carbocycles. The van der Waals surface area contributed by atoms with E-state index in [-0.39, 0.29) is 0 Å². The third kappa shape index (κ3) is 1.55. The number of fused-ring (bicyclic) bond motifs is 1. The summed E-state index contributed by atoms with van der Waals surface area (Å²) in [6.07, 6.45) is 1.79. The number of hydrogen-bond acceptors (Lipinski definition) is 1. The number of hydrogen-bond donors (Lipinski definition) is 0. The highest BCUT2D eigenvalue weighted by Gasteiger charge is 2.07. The number of halogens is 2. The highest BCUT2D eigenvalue weighted by atomic mass is 79.9. The molecule has 1 nitrogen and oxygen atoms in total. The van der Waals surface area contributed by atoms with Gasteiger partial charge in [-0.2, -0.15) is 0 Å². The van der Waals surface area contributed by atoms with Crippen LogP contribution in [0.3, 0.4) is 0 Å². The molecule has 1 heterocycles. The van der Waals surface area contributed by atoms with Gasteiger partial charge in [-0.1, -0.05) is 31.9 Å². The van der Waals surface area contributed by atoms with Crippen LogP contribution in [0.15, 0.2) is 27.3 Å². The summed E-state index contributed by atoms with van der Waals surface area (Å²) in [6, 6.07) is 4.15. The molecule has 0 unspecified atom stereocenters. The average molecular weight is 304 g/mol. The summed E-state index contributed by atoms with van der Waals surface area (Å²) in [4.78, 5) is 0. The van der Waals surface area contributed by atoms with Crippen molar-refractivity contribution in [3.63, 3.8) is 0 Å². The lowest BCUT2D eigenvalue weighted by atomic mass is 10.1. The Balaban J connectivity index is 2.84. The first-order chi connectivity index (χ1) is 6.22. The van der Waals surface area contributed by atoms with Crippen LogP contribution in [-0.4, -0.2) is 0 Å². The molecule has 0 radical (unpaired) electrons. The molecule has 68 valence electrons. The first-order valence-corrected chi connectivity index (χ1v) is 5.86. The minimum atomic E-state index is 0.815. The Morgan fingerprint density at radius 2 is 2.15 bits per heavy atom. The second-order valence-electron chi connectivity index (χ2n) is 2.99. The van der Waals surface area contributed by atoms with E-state index in [0.717, 1.165) is 15.4 Å². The molecule has 0 aliphatic heterocycles. The first-order valence-electron chi connectivity index (χ1n) is 3.94. The van der Waals surface area contributed by atoms with Crippen LogP contribution in [0.1, 0.15) is 11.1 Å². The summed E-state index contributed by atoms with van der Waals surface area (Å²) in [5.41, 5.74) is 3.34. The monoisotopic (exact) mass is 302 g/mol. The van der Waals surface area contributed by atoms with Crippen molar-refractivity contribution in [2.24, 2.45) is 0 Å². The van der Waals surface area contributed by atoms with E-state index in [4.69, 9.17) is 4.42 Å². The molecule has 0 fully saturated rings. The van der Waals surface area contributed by atoms with Gasteiger partial charge in [0.15, 0.2) is 0 Å². The second-order valence-corrected chi connectivity index (χ2v) is 4.47. The molecule has 0 atom stereocenters. The maximum Gasteiger partial charge on any atom is 0.138 e. The Labute approximate surface area is 93.4 Å². The van der Waals surface area contributed by atoms with Gasteiger partial charge in [0.2, 0.25) is 0 Å². The van der Waals surface area contributed by atoms with Crippen LogP contribution in [0.2, 0.25) is 0 Å². The molecule has 0 spiro atoms. The van der Waals surface area contributed by atoms with Gasteiger partial charge < -0.3 is 4.42 Å². The van der Waals surface area contributed by atoms with Gasteiger partial charge in [0.1, 0.15) is 5.58 Å². The normalized spacial score (nSPS) is 11.0. The molecule has 2 aromatic rings. The zero-order valence-electron chi connectivity index (χ0n) is 7.10. The van der Waals surface area contributed by atoms with Crippen molar-refractivity contribution >= 4 is 42.8 Å². The third-order valence-electron chi connectivity index (χ3n) is 2.05. The van der Waals surface area contributed by atoms with Gasteiger partial charge in [-0.25, -0.2) is 0 Å². The van der Waals surface area contributed by atoms with Gasteiger partial charge in [-0.05, 0) is 24.6 Å². The van der Waals surface area contributed by atoms with E-state index >= 15 is 0 Å². The SMILES string of the molecule is Cc1coc2c(CBr)cc(Br)cc12. The first kappa shape index (κ1) is 9.28. The van der Waals surface area contributed by atoms with Gasteiger partial charge in [-0.15, -0.1) is 0 Å². The van der Waals surface area contributed by atoms with Crippen molar-refractivity contribution in [2.75, 3.05) is 0 Å². The number of benzene rings is 1. The summed E-state index contributed by atoms with van der Waals surface area (Å²) >= 11 is 6.92. The summed E-state index contributed by atoms with van der Waals surface area (Å²) in [7, 11) is 0. The summed E-state index contributed by atoms with van der Waals surface area (Å²) in [6.45, 7) is 2.05. The van der Waals surface area contributed by atoms with E-state index in [1.54, 1.807) is 6.26 Å². The van der Waals surface area contributed by atoms with Crippen molar-refractivity contribution in [1.29, 1.82) is 0 Å². The average Bonchev–Trinajstić information content (AvgIpc) is 2.47. The molecule has 0 aliphatic carbocycles. The molecule has 0 aliphatic rings. The second kappa shape index (κ2) is 3.46. The molecule has 1 aromatic carbocycles. The molecule has 0 saturated heterocycles. The number of alkyl halides is 1. The fraction of sp³-hybridized carbons (Fsp3) is 0.200. The quantitative estimate of drug-likeness (QED) is 0.712. The molecular formula is C10H8Br2O. The smallest absolute Gasteiger partial charge is 0.138 e. The summed E-state index contributed by atoms with van der Waals surface area (Å²) < 4.78 is 6.57. The van der Waals surface area contributed by atoms with Crippen LogP contribution in [-0.2, 0) is 5.33 Å². The van der Waals surface area contributed by atoms with Crippen LogP contribution in [0.25, 0.3) is 11.0 Å². The summed E-state index contributed by atoms with van der Waals surface area (Å²) in [5, 5.41) is 2.00. The fourth-order valence-electron chi connectivity index (χ4n) is 1.39. The van der Waals surface area contributed by atoms with Crippen LogP contribution in [0.5, 0.6) is 0 Å². The van der Waals surface area contributed by atoms with Crippen LogP contribution < -0.4 is 0 Å². The third-order valence-corrected chi connectivity index (χ3v) is 3.11. The van der Waals surface area contributed by atoms with Crippen molar-refractivity contribution in [1.82, 2.24) is 0 Å². The van der Waals surface area contributed by atoms with Crippen LogP contribution in [0, 0.1) is 6.92 Å². The molecule has 0 amide bonds. The van der Waals surface area contributed by atoms with Crippen molar-refractivity contribution < 1.29 is 4.42 Å². The minimum Gasteiger partial charge on any atom is -0.464 e. The van der Waals surface area contributed by atoms with E-state index < -0.39 is 0 Å². The predicted molar refractivity (Wildman–Crippen MR) is 61.3 cm³/mol. The van der Waals surface area contributed by atoms with Crippen LogP contribution >= 0.6 is 31.9 Å². The Morgan fingerprint density at radius 3 is 2.85 bits per heavy atom. The number of aryl methyl sites for hydroxylation is 1. The summed E-state index contributed by atoms with van der Waals surface area (Å²) in [5.74, 6) is 0. The topological polar surface area (TPSA) is 13.1 Å². The highest BCUT2D eigenvalue weighted by molar-refractivity contribution is 9.10. The molecule has 2 rings (SSSR count). The molecule has 1 aromatic heterocycles. The molecule has 13 heavy (non-hydrogen) atoms.